The van der Waals surface area contributed by atoms with Gasteiger partial charge in [0.2, 0.25) is 5.91 Å². The fourth-order valence-electron chi connectivity index (χ4n) is 6.90. The Labute approximate surface area is 317 Å². The zero-order valence-electron chi connectivity index (χ0n) is 34.3. The normalized spacial score (nSPS) is 13.4. The first kappa shape index (κ1) is 49.6. The van der Waals surface area contributed by atoms with Crippen LogP contribution in [0.3, 0.4) is 0 Å². The third-order valence-electron chi connectivity index (χ3n) is 10.3. The van der Waals surface area contributed by atoms with Crippen LogP contribution in [0.25, 0.3) is 0 Å². The Morgan fingerprint density at radius 1 is 0.549 bits per heavy atom. The molecule has 0 aliphatic carbocycles. The smallest absolute Gasteiger partial charge is 0.306 e. The average molecular weight is 722 g/mol. The topological polar surface area (TPSA) is 95.9 Å². The first-order chi connectivity index (χ1) is 25.0. The molecule has 6 nitrogen and oxygen atoms in total. The van der Waals surface area contributed by atoms with Crippen LogP contribution in [-0.2, 0) is 14.3 Å². The highest BCUT2D eigenvalue weighted by molar-refractivity contribution is 5.77. The van der Waals surface area contributed by atoms with Crippen LogP contribution in [0.4, 0.5) is 0 Å². The van der Waals surface area contributed by atoms with Gasteiger partial charge in [-0.05, 0) is 44.9 Å². The summed E-state index contributed by atoms with van der Waals surface area (Å²) in [4.78, 5) is 25.9. The summed E-state index contributed by atoms with van der Waals surface area (Å²) in [6.45, 7) is 6.40. The summed E-state index contributed by atoms with van der Waals surface area (Å²) < 4.78 is 5.88. The predicted octanol–water partition coefficient (Wildman–Crippen LogP) is 12.6. The standard InChI is InChI=1S/C45H87NO5/c1-4-7-10-13-16-19-22-24-27-30-33-36-41(51-45(50)38-35-32-29-26-21-18-15-12-9-6-3)39-44(49)46-42(40-47)43(48)37-34-31-28-25-23-20-17-14-11-8-5-2/h12,15,41-43,47-48H,4-11,13-14,16-40H2,1-3H3,(H,46,49)/b15-12-. The van der Waals surface area contributed by atoms with Crippen LogP contribution >= 0.6 is 0 Å². The zero-order chi connectivity index (χ0) is 37.5. The Kier molecular flexibility index (Phi) is 38.7. The molecule has 0 saturated carbocycles. The molecule has 0 heterocycles. The largest absolute Gasteiger partial charge is 0.462 e. The highest BCUT2D eigenvalue weighted by atomic mass is 16.5. The van der Waals surface area contributed by atoms with E-state index in [1.807, 2.05) is 0 Å². The number of unbranched alkanes of at least 4 members (excludes halogenated alkanes) is 26. The molecule has 0 aliphatic heterocycles. The lowest BCUT2D eigenvalue weighted by Crippen LogP contribution is -2.46. The molecule has 0 rings (SSSR count). The molecule has 51 heavy (non-hydrogen) atoms. The number of nitrogens with one attached hydrogen (secondary N) is 1. The van der Waals surface area contributed by atoms with E-state index in [4.69, 9.17) is 4.74 Å². The minimum absolute atomic E-state index is 0.0801. The number of carbonyl (C=O) groups excluding carboxylic acids is 2. The molecular weight excluding hydrogens is 634 g/mol. The summed E-state index contributed by atoms with van der Waals surface area (Å²) in [6.07, 6.45) is 41.2. The summed E-state index contributed by atoms with van der Waals surface area (Å²) in [5.74, 6) is -0.477. The molecule has 0 spiro atoms. The van der Waals surface area contributed by atoms with Gasteiger partial charge >= 0.3 is 5.97 Å². The summed E-state index contributed by atoms with van der Waals surface area (Å²) in [7, 11) is 0. The van der Waals surface area contributed by atoms with Gasteiger partial charge in [-0.2, -0.15) is 0 Å². The highest BCUT2D eigenvalue weighted by Gasteiger charge is 2.24. The second kappa shape index (κ2) is 39.8. The number of esters is 1. The van der Waals surface area contributed by atoms with Crippen molar-refractivity contribution in [3.05, 3.63) is 12.2 Å². The molecule has 0 aromatic rings. The minimum Gasteiger partial charge on any atom is -0.462 e. The van der Waals surface area contributed by atoms with Crippen molar-refractivity contribution >= 4 is 11.9 Å². The lowest BCUT2D eigenvalue weighted by molar-refractivity contribution is -0.151. The van der Waals surface area contributed by atoms with Crippen molar-refractivity contribution in [2.24, 2.45) is 0 Å². The summed E-state index contributed by atoms with van der Waals surface area (Å²) in [6, 6.07) is -0.693. The molecule has 3 N–H and O–H groups in total. The third-order valence-corrected chi connectivity index (χ3v) is 10.3. The van der Waals surface area contributed by atoms with Crippen molar-refractivity contribution in [1.82, 2.24) is 5.32 Å². The molecule has 0 radical (unpaired) electrons. The number of amides is 1. The molecule has 0 aromatic carbocycles. The zero-order valence-corrected chi connectivity index (χ0v) is 34.3. The Morgan fingerprint density at radius 3 is 1.47 bits per heavy atom. The molecular formula is C45H87NO5. The van der Waals surface area contributed by atoms with E-state index in [-0.39, 0.29) is 24.9 Å². The number of rotatable bonds is 40. The lowest BCUT2D eigenvalue weighted by atomic mass is 10.0. The molecule has 0 aromatic heterocycles. The van der Waals surface area contributed by atoms with Gasteiger partial charge in [-0.3, -0.25) is 9.59 Å². The fraction of sp³-hybridized carbons (Fsp3) is 0.911. The monoisotopic (exact) mass is 722 g/mol. The van der Waals surface area contributed by atoms with Gasteiger partial charge in [0.25, 0.3) is 0 Å². The van der Waals surface area contributed by atoms with Gasteiger partial charge in [-0.15, -0.1) is 0 Å². The van der Waals surface area contributed by atoms with Crippen molar-refractivity contribution in [1.29, 1.82) is 0 Å². The molecule has 0 saturated heterocycles. The van der Waals surface area contributed by atoms with Gasteiger partial charge in [0.15, 0.2) is 0 Å². The van der Waals surface area contributed by atoms with E-state index in [2.05, 4.69) is 38.2 Å². The molecule has 3 atom stereocenters. The number of aliphatic hydroxyl groups excluding tert-OH is 2. The van der Waals surface area contributed by atoms with Crippen LogP contribution in [0, 0.1) is 0 Å². The van der Waals surface area contributed by atoms with Gasteiger partial charge in [0.05, 0.1) is 25.2 Å². The Balaban J connectivity index is 4.56. The van der Waals surface area contributed by atoms with Crippen molar-refractivity contribution in [2.45, 2.75) is 257 Å². The van der Waals surface area contributed by atoms with Gasteiger partial charge in [-0.25, -0.2) is 0 Å². The van der Waals surface area contributed by atoms with Crippen LogP contribution in [0.1, 0.15) is 239 Å². The summed E-state index contributed by atoms with van der Waals surface area (Å²) >= 11 is 0. The second-order valence-corrected chi connectivity index (χ2v) is 15.5. The SMILES string of the molecule is CCC/C=C\CCCCCCCC(=O)OC(CCCCCCCCCCCCC)CC(=O)NC(CO)C(O)CCCCCCCCCCCCC. The van der Waals surface area contributed by atoms with Gasteiger partial charge < -0.3 is 20.3 Å². The molecule has 0 aliphatic rings. The van der Waals surface area contributed by atoms with E-state index in [1.54, 1.807) is 0 Å². The maximum Gasteiger partial charge on any atom is 0.306 e. The van der Waals surface area contributed by atoms with Gasteiger partial charge in [0, 0.05) is 6.42 Å². The van der Waals surface area contributed by atoms with Crippen molar-refractivity contribution in [3.8, 4) is 0 Å². The van der Waals surface area contributed by atoms with Gasteiger partial charge in [-0.1, -0.05) is 193 Å². The van der Waals surface area contributed by atoms with E-state index >= 15 is 0 Å². The van der Waals surface area contributed by atoms with E-state index in [9.17, 15) is 19.8 Å². The number of aliphatic hydroxyl groups is 2. The number of hydrogen-bond donors (Lipinski definition) is 3. The van der Waals surface area contributed by atoms with Crippen molar-refractivity contribution in [3.63, 3.8) is 0 Å². The molecule has 0 bridgehead atoms. The molecule has 6 heteroatoms. The summed E-state index contributed by atoms with van der Waals surface area (Å²) in [5.41, 5.74) is 0. The average Bonchev–Trinajstić information content (AvgIpc) is 3.12. The summed E-state index contributed by atoms with van der Waals surface area (Å²) in [5, 5.41) is 23.6. The number of hydrogen-bond acceptors (Lipinski definition) is 5. The highest BCUT2D eigenvalue weighted by Crippen LogP contribution is 2.18. The Hall–Kier alpha value is -1.40. The van der Waals surface area contributed by atoms with Crippen LogP contribution < -0.4 is 5.32 Å². The van der Waals surface area contributed by atoms with Crippen LogP contribution in [0.15, 0.2) is 12.2 Å². The first-order valence-corrected chi connectivity index (χ1v) is 22.4. The lowest BCUT2D eigenvalue weighted by Gasteiger charge is -2.24. The quantitative estimate of drug-likeness (QED) is 0.0332. The third kappa shape index (κ3) is 35.4. The number of ether oxygens (including phenoxy) is 1. The Morgan fingerprint density at radius 2 is 0.980 bits per heavy atom. The fourth-order valence-corrected chi connectivity index (χ4v) is 6.90. The van der Waals surface area contributed by atoms with Crippen LogP contribution in [-0.4, -0.2) is 46.9 Å². The van der Waals surface area contributed by atoms with Crippen LogP contribution in [0.5, 0.6) is 0 Å². The molecule has 1 amide bonds. The molecule has 302 valence electrons. The maximum absolute atomic E-state index is 13.1. The molecule has 3 unspecified atom stereocenters. The molecule has 0 fully saturated rings. The number of allylic oxidation sites excluding steroid dienone is 2. The van der Waals surface area contributed by atoms with Crippen LogP contribution in [0.2, 0.25) is 0 Å². The van der Waals surface area contributed by atoms with E-state index in [1.165, 1.54) is 135 Å². The van der Waals surface area contributed by atoms with Crippen molar-refractivity contribution < 1.29 is 24.5 Å². The van der Waals surface area contributed by atoms with Gasteiger partial charge in [0.1, 0.15) is 6.10 Å². The predicted molar refractivity (Wildman–Crippen MR) is 218 cm³/mol. The maximum atomic E-state index is 13.1. The minimum atomic E-state index is -0.780. The van der Waals surface area contributed by atoms with E-state index in [0.717, 1.165) is 57.8 Å². The number of carbonyl (C=O) groups is 2. The van der Waals surface area contributed by atoms with E-state index in [0.29, 0.717) is 19.3 Å². The van der Waals surface area contributed by atoms with Crippen molar-refractivity contribution in [2.75, 3.05) is 6.61 Å². The first-order valence-electron chi connectivity index (χ1n) is 22.4. The second-order valence-electron chi connectivity index (χ2n) is 15.5. The van der Waals surface area contributed by atoms with E-state index < -0.39 is 18.2 Å². The Bertz CT molecular complexity index is 772.